The molecule has 0 fully saturated rings. The Bertz CT molecular complexity index is 1110. The molecule has 0 aliphatic rings. The second-order valence-electron chi connectivity index (χ2n) is 7.08. The van der Waals surface area contributed by atoms with Crippen molar-refractivity contribution in [2.45, 2.75) is 20.3 Å². The highest BCUT2D eigenvalue weighted by Crippen LogP contribution is 2.16. The van der Waals surface area contributed by atoms with Gasteiger partial charge in [0.2, 0.25) is 0 Å². The summed E-state index contributed by atoms with van der Waals surface area (Å²) in [5, 5.41) is 16.2. The van der Waals surface area contributed by atoms with Crippen molar-refractivity contribution in [3.05, 3.63) is 70.8 Å². The third-order valence-corrected chi connectivity index (χ3v) is 4.53. The summed E-state index contributed by atoms with van der Waals surface area (Å²) in [5.41, 5.74) is 6.93. The number of nitrogens with one attached hydrogen (secondary N) is 1. The van der Waals surface area contributed by atoms with Crippen LogP contribution in [-0.4, -0.2) is 52.9 Å². The first-order chi connectivity index (χ1) is 16.1. The van der Waals surface area contributed by atoms with Gasteiger partial charge in [0.1, 0.15) is 11.6 Å². The lowest BCUT2D eigenvalue weighted by atomic mass is 10.1. The molecule has 0 radical (unpaired) electrons. The molecule has 0 atom stereocenters. The Morgan fingerprint density at radius 2 is 1.62 bits per heavy atom. The van der Waals surface area contributed by atoms with E-state index in [1.54, 1.807) is 31.2 Å². The van der Waals surface area contributed by atoms with Gasteiger partial charge in [-0.3, -0.25) is 15.0 Å². The van der Waals surface area contributed by atoms with Gasteiger partial charge in [-0.15, -0.1) is 0 Å². The van der Waals surface area contributed by atoms with Gasteiger partial charge >= 0.3 is 18.0 Å². The standard InChI is InChI=1S/C24H25N3O7/c1-3-33-24(32)27(13-12-20(28)29)22(30)15(2)14-16-4-6-18(7-5-16)23(31)34-19-10-8-17(9-11-19)21(25)26/h4-11,14H,3,12-13H2,1-2H3,(H3,25,26)(H,28,29). The number of amidine groups is 1. The summed E-state index contributed by atoms with van der Waals surface area (Å²) in [6.07, 6.45) is 0.174. The van der Waals surface area contributed by atoms with Crippen LogP contribution in [0.2, 0.25) is 0 Å². The van der Waals surface area contributed by atoms with Crippen LogP contribution in [0.3, 0.4) is 0 Å². The zero-order valence-corrected chi connectivity index (χ0v) is 18.7. The number of esters is 1. The highest BCUT2D eigenvalue weighted by molar-refractivity contribution is 6.05. The van der Waals surface area contributed by atoms with Crippen molar-refractivity contribution in [2.75, 3.05) is 13.2 Å². The molecule has 0 aliphatic heterocycles. The predicted molar refractivity (Wildman–Crippen MR) is 123 cm³/mol. The van der Waals surface area contributed by atoms with E-state index in [0.29, 0.717) is 16.9 Å². The molecule has 0 unspecified atom stereocenters. The number of hydrogen-bond acceptors (Lipinski definition) is 7. The fourth-order valence-electron chi connectivity index (χ4n) is 2.79. The Morgan fingerprint density at radius 1 is 1.03 bits per heavy atom. The molecule has 2 amide bonds. The van der Waals surface area contributed by atoms with Crippen molar-refractivity contribution in [3.63, 3.8) is 0 Å². The zero-order valence-electron chi connectivity index (χ0n) is 18.7. The molecule has 2 aromatic carbocycles. The van der Waals surface area contributed by atoms with Crippen LogP contribution in [0.5, 0.6) is 5.75 Å². The SMILES string of the molecule is CCOC(=O)N(CCC(=O)O)C(=O)C(C)=Cc1ccc(C(=O)Oc2ccc(C(=N)N)cc2)cc1. The first kappa shape index (κ1) is 25.8. The van der Waals surface area contributed by atoms with Gasteiger partial charge in [-0.1, -0.05) is 12.1 Å². The third-order valence-electron chi connectivity index (χ3n) is 4.53. The van der Waals surface area contributed by atoms with Crippen molar-refractivity contribution in [1.29, 1.82) is 5.41 Å². The first-order valence-electron chi connectivity index (χ1n) is 10.3. The molecule has 0 saturated carbocycles. The van der Waals surface area contributed by atoms with E-state index >= 15 is 0 Å². The highest BCUT2D eigenvalue weighted by atomic mass is 16.6. The molecule has 0 aliphatic carbocycles. The molecule has 178 valence electrons. The highest BCUT2D eigenvalue weighted by Gasteiger charge is 2.24. The van der Waals surface area contributed by atoms with Crippen LogP contribution in [0.25, 0.3) is 6.08 Å². The van der Waals surface area contributed by atoms with Gasteiger partial charge in [0.15, 0.2) is 0 Å². The minimum absolute atomic E-state index is 0.0386. The van der Waals surface area contributed by atoms with Gasteiger partial charge in [-0.25, -0.2) is 14.5 Å². The number of imide groups is 1. The van der Waals surface area contributed by atoms with Crippen LogP contribution in [0, 0.1) is 5.41 Å². The van der Waals surface area contributed by atoms with E-state index in [1.807, 2.05) is 0 Å². The van der Waals surface area contributed by atoms with E-state index in [-0.39, 0.29) is 30.1 Å². The number of aliphatic carboxylic acids is 1. The van der Waals surface area contributed by atoms with E-state index < -0.39 is 30.4 Å². The molecule has 0 spiro atoms. The number of nitrogen functional groups attached to an aromatic ring is 1. The molecule has 0 heterocycles. The number of amides is 2. The lowest BCUT2D eigenvalue weighted by Crippen LogP contribution is -2.39. The fraction of sp³-hybridized carbons (Fsp3) is 0.208. The van der Waals surface area contributed by atoms with E-state index in [0.717, 1.165) is 4.90 Å². The summed E-state index contributed by atoms with van der Waals surface area (Å²) in [6.45, 7) is 2.78. The Kier molecular flexibility index (Phi) is 9.07. The Balaban J connectivity index is 2.10. The first-order valence-corrected chi connectivity index (χ1v) is 10.3. The molecular formula is C24H25N3O7. The number of rotatable bonds is 9. The maximum atomic E-state index is 12.7. The molecule has 2 aromatic rings. The average Bonchev–Trinajstić information content (AvgIpc) is 2.79. The predicted octanol–water partition coefficient (Wildman–Crippen LogP) is 3.05. The molecule has 0 bridgehead atoms. The van der Waals surface area contributed by atoms with E-state index in [9.17, 15) is 19.2 Å². The van der Waals surface area contributed by atoms with Crippen molar-refractivity contribution in [2.24, 2.45) is 5.73 Å². The quantitative estimate of drug-likeness (QED) is 0.167. The van der Waals surface area contributed by atoms with Gasteiger partial charge in [0.05, 0.1) is 18.6 Å². The topological polar surface area (TPSA) is 160 Å². The Morgan fingerprint density at radius 3 is 2.15 bits per heavy atom. The maximum Gasteiger partial charge on any atom is 0.416 e. The molecule has 0 aromatic heterocycles. The number of carbonyl (C=O) groups is 4. The normalized spacial score (nSPS) is 10.8. The number of ether oxygens (including phenoxy) is 2. The molecule has 4 N–H and O–H groups in total. The van der Waals surface area contributed by atoms with Crippen LogP contribution in [0.4, 0.5) is 4.79 Å². The molecule has 34 heavy (non-hydrogen) atoms. The van der Waals surface area contributed by atoms with Gasteiger partial charge in [0, 0.05) is 17.7 Å². The van der Waals surface area contributed by atoms with Crippen LogP contribution in [-0.2, 0) is 14.3 Å². The third kappa shape index (κ3) is 7.30. The summed E-state index contributed by atoms with van der Waals surface area (Å²) in [5.74, 6) is -2.23. The average molecular weight is 467 g/mol. The zero-order chi connectivity index (χ0) is 25.3. The number of nitrogens with zero attached hydrogens (tertiary/aromatic N) is 1. The summed E-state index contributed by atoms with van der Waals surface area (Å²) in [4.78, 5) is 48.7. The Labute approximate surface area is 196 Å². The van der Waals surface area contributed by atoms with Gasteiger partial charge in [0.25, 0.3) is 5.91 Å². The van der Waals surface area contributed by atoms with Gasteiger partial charge in [-0.05, 0) is 61.9 Å². The summed E-state index contributed by atoms with van der Waals surface area (Å²) >= 11 is 0. The maximum absolute atomic E-state index is 12.7. The van der Waals surface area contributed by atoms with Crippen LogP contribution in [0.15, 0.2) is 54.1 Å². The van der Waals surface area contributed by atoms with Crippen molar-refractivity contribution >= 4 is 35.9 Å². The lowest BCUT2D eigenvalue weighted by Gasteiger charge is -2.19. The molecular weight excluding hydrogens is 442 g/mol. The molecule has 0 saturated heterocycles. The van der Waals surface area contributed by atoms with Crippen LogP contribution in [0.1, 0.15) is 41.8 Å². The molecule has 2 rings (SSSR count). The van der Waals surface area contributed by atoms with Crippen molar-refractivity contribution in [3.8, 4) is 5.75 Å². The number of nitrogens with two attached hydrogens (primary N) is 1. The number of benzene rings is 2. The van der Waals surface area contributed by atoms with Crippen molar-refractivity contribution < 1.29 is 33.8 Å². The lowest BCUT2D eigenvalue weighted by molar-refractivity contribution is -0.137. The number of carboxylic acids is 1. The Hall–Kier alpha value is -4.47. The minimum Gasteiger partial charge on any atom is -0.481 e. The van der Waals surface area contributed by atoms with E-state index in [2.05, 4.69) is 0 Å². The van der Waals surface area contributed by atoms with Crippen LogP contribution >= 0.6 is 0 Å². The largest absolute Gasteiger partial charge is 0.481 e. The van der Waals surface area contributed by atoms with Crippen molar-refractivity contribution in [1.82, 2.24) is 4.90 Å². The monoisotopic (exact) mass is 467 g/mol. The number of carbonyl (C=O) groups excluding carboxylic acids is 3. The minimum atomic E-state index is -1.15. The molecule has 10 nitrogen and oxygen atoms in total. The molecule has 10 heteroatoms. The summed E-state index contributed by atoms with van der Waals surface area (Å²) in [7, 11) is 0. The summed E-state index contributed by atoms with van der Waals surface area (Å²) < 4.78 is 10.1. The second-order valence-corrected chi connectivity index (χ2v) is 7.08. The van der Waals surface area contributed by atoms with E-state index in [4.69, 9.17) is 25.7 Å². The second kappa shape index (κ2) is 12.0. The van der Waals surface area contributed by atoms with Crippen LogP contribution < -0.4 is 10.5 Å². The smallest absolute Gasteiger partial charge is 0.416 e. The summed E-state index contributed by atoms with van der Waals surface area (Å²) in [6, 6.07) is 12.4. The fourth-order valence-corrected chi connectivity index (χ4v) is 2.79. The van der Waals surface area contributed by atoms with Gasteiger partial charge in [-0.2, -0.15) is 0 Å². The number of carboxylic acid groups (broad SMARTS) is 1. The van der Waals surface area contributed by atoms with Gasteiger partial charge < -0.3 is 20.3 Å². The number of hydrogen-bond donors (Lipinski definition) is 3. The van der Waals surface area contributed by atoms with E-state index in [1.165, 1.54) is 37.3 Å².